The highest BCUT2D eigenvalue weighted by Crippen LogP contribution is 2.34. The molecule has 1 saturated heterocycles. The van der Waals surface area contributed by atoms with Gasteiger partial charge in [-0.05, 0) is 38.3 Å². The second kappa shape index (κ2) is 7.04. The van der Waals surface area contributed by atoms with E-state index in [1.807, 2.05) is 45.0 Å². The molecule has 1 aromatic carbocycles. The number of hydrogen-bond acceptors (Lipinski definition) is 5. The van der Waals surface area contributed by atoms with Crippen LogP contribution in [0.5, 0.6) is 0 Å². The fraction of sp³-hybridized carbons (Fsp3) is 0.579. The molecule has 0 radical (unpaired) electrons. The van der Waals surface area contributed by atoms with Crippen LogP contribution in [0.4, 0.5) is 4.79 Å². The number of benzene rings is 1. The van der Waals surface area contributed by atoms with Gasteiger partial charge in [-0.15, -0.1) is 0 Å². The van der Waals surface area contributed by atoms with Gasteiger partial charge in [0.15, 0.2) is 0 Å². The molecule has 1 heterocycles. The van der Waals surface area contributed by atoms with Gasteiger partial charge < -0.3 is 19.5 Å². The lowest BCUT2D eigenvalue weighted by molar-refractivity contribution is -0.155. The molecule has 1 N–H and O–H groups in total. The van der Waals surface area contributed by atoms with Crippen LogP contribution in [0.3, 0.4) is 0 Å². The molecule has 6 heteroatoms. The summed E-state index contributed by atoms with van der Waals surface area (Å²) < 4.78 is 16.3. The molecule has 0 bridgehead atoms. The Hall–Kier alpha value is -2.08. The van der Waals surface area contributed by atoms with Gasteiger partial charge in [0.25, 0.3) is 0 Å². The van der Waals surface area contributed by atoms with Crippen LogP contribution >= 0.6 is 0 Å². The second-order valence-corrected chi connectivity index (χ2v) is 7.56. The van der Waals surface area contributed by atoms with Crippen molar-refractivity contribution in [3.8, 4) is 0 Å². The van der Waals surface area contributed by atoms with E-state index in [0.717, 1.165) is 11.1 Å². The summed E-state index contributed by atoms with van der Waals surface area (Å²) in [4.78, 5) is 24.6. The number of amides is 1. The van der Waals surface area contributed by atoms with Crippen molar-refractivity contribution in [2.75, 3.05) is 13.2 Å². The number of esters is 1. The fourth-order valence-electron chi connectivity index (χ4n) is 3.24. The van der Waals surface area contributed by atoms with Crippen LogP contribution in [0.1, 0.15) is 44.4 Å². The molecule has 1 aromatic rings. The van der Waals surface area contributed by atoms with Crippen molar-refractivity contribution in [1.29, 1.82) is 0 Å². The fourth-order valence-corrected chi connectivity index (χ4v) is 3.24. The summed E-state index contributed by atoms with van der Waals surface area (Å²) in [5, 5.41) is 2.87. The van der Waals surface area contributed by atoms with Gasteiger partial charge in [-0.1, -0.05) is 24.3 Å². The average Bonchev–Trinajstić information content (AvgIpc) is 3.15. The molecule has 6 nitrogen and oxygen atoms in total. The minimum absolute atomic E-state index is 0.217. The first kappa shape index (κ1) is 17.7. The van der Waals surface area contributed by atoms with E-state index < -0.39 is 23.8 Å². The van der Waals surface area contributed by atoms with Crippen molar-refractivity contribution in [2.24, 2.45) is 5.92 Å². The molecule has 3 atom stereocenters. The molecule has 3 unspecified atom stereocenters. The first-order valence-corrected chi connectivity index (χ1v) is 8.69. The molecule has 1 aliphatic heterocycles. The van der Waals surface area contributed by atoms with Crippen molar-refractivity contribution in [3.05, 3.63) is 35.4 Å². The van der Waals surface area contributed by atoms with E-state index in [9.17, 15) is 9.59 Å². The first-order chi connectivity index (χ1) is 11.8. The van der Waals surface area contributed by atoms with Gasteiger partial charge in [-0.25, -0.2) is 4.79 Å². The van der Waals surface area contributed by atoms with E-state index >= 15 is 0 Å². The van der Waals surface area contributed by atoms with E-state index in [2.05, 4.69) is 5.32 Å². The third-order valence-corrected chi connectivity index (χ3v) is 4.39. The minimum Gasteiger partial charge on any atom is -0.459 e. The van der Waals surface area contributed by atoms with Crippen LogP contribution < -0.4 is 5.32 Å². The molecule has 25 heavy (non-hydrogen) atoms. The Morgan fingerprint density at radius 3 is 2.68 bits per heavy atom. The van der Waals surface area contributed by atoms with Crippen molar-refractivity contribution in [3.63, 3.8) is 0 Å². The third-order valence-electron chi connectivity index (χ3n) is 4.39. The molecule has 136 valence electrons. The van der Waals surface area contributed by atoms with Crippen molar-refractivity contribution >= 4 is 12.1 Å². The second-order valence-electron chi connectivity index (χ2n) is 7.56. The summed E-state index contributed by atoms with van der Waals surface area (Å²) in [6, 6.07) is 7.39. The van der Waals surface area contributed by atoms with Crippen LogP contribution in [-0.2, 0) is 25.4 Å². The molecule has 1 amide bonds. The van der Waals surface area contributed by atoms with Gasteiger partial charge in [0.1, 0.15) is 11.7 Å². The van der Waals surface area contributed by atoms with Gasteiger partial charge in [-0.3, -0.25) is 4.79 Å². The number of fused-ring (bicyclic) bond motifs is 1. The van der Waals surface area contributed by atoms with Gasteiger partial charge in [0.2, 0.25) is 0 Å². The van der Waals surface area contributed by atoms with E-state index in [1.54, 1.807) is 0 Å². The highest BCUT2D eigenvalue weighted by atomic mass is 16.6. The Bertz CT molecular complexity index is 645. The third kappa shape index (κ3) is 4.31. The van der Waals surface area contributed by atoms with E-state index in [1.165, 1.54) is 0 Å². The number of carbonyl (C=O) groups excluding carboxylic acids is 2. The number of carbonyl (C=O) groups is 2. The van der Waals surface area contributed by atoms with Crippen molar-refractivity contribution in [1.82, 2.24) is 5.32 Å². The maximum absolute atomic E-state index is 12.4. The maximum Gasteiger partial charge on any atom is 0.408 e. The molecular weight excluding hydrogens is 322 g/mol. The average molecular weight is 347 g/mol. The number of hydrogen-bond donors (Lipinski definition) is 1. The maximum atomic E-state index is 12.4. The zero-order chi connectivity index (χ0) is 18.0. The summed E-state index contributed by atoms with van der Waals surface area (Å²) >= 11 is 0. The van der Waals surface area contributed by atoms with Crippen molar-refractivity contribution < 1.29 is 23.8 Å². The largest absolute Gasteiger partial charge is 0.459 e. The Morgan fingerprint density at radius 1 is 1.24 bits per heavy atom. The Morgan fingerprint density at radius 2 is 2.00 bits per heavy atom. The zero-order valence-electron chi connectivity index (χ0n) is 14.9. The first-order valence-electron chi connectivity index (χ1n) is 8.69. The molecule has 0 spiro atoms. The van der Waals surface area contributed by atoms with Crippen LogP contribution in [0.15, 0.2) is 24.3 Å². The Kier molecular flexibility index (Phi) is 4.99. The molecular formula is C19H25NO5. The predicted octanol–water partition coefficient (Wildman–Crippen LogP) is 2.76. The minimum atomic E-state index is -0.588. The number of nitrogens with one attached hydrogen (secondary N) is 1. The normalized spacial score (nSPS) is 25.3. The van der Waals surface area contributed by atoms with E-state index in [0.29, 0.717) is 26.1 Å². The lowest BCUT2D eigenvalue weighted by atomic mass is 10.1. The SMILES string of the molecule is CC(C)(C)OC(=O)NC1c2ccccc2CC1OC(=O)C1CCOC1. The molecule has 3 rings (SSSR count). The van der Waals surface area contributed by atoms with Crippen LogP contribution in [0, 0.1) is 5.92 Å². The molecule has 0 aromatic heterocycles. The summed E-state index contributed by atoms with van der Waals surface area (Å²) in [6.07, 6.45) is 0.316. The van der Waals surface area contributed by atoms with E-state index in [4.69, 9.17) is 14.2 Å². The smallest absolute Gasteiger partial charge is 0.408 e. The number of rotatable bonds is 3. The van der Waals surface area contributed by atoms with E-state index in [-0.39, 0.29) is 11.9 Å². The van der Waals surface area contributed by atoms with Gasteiger partial charge in [0.05, 0.1) is 18.6 Å². The van der Waals surface area contributed by atoms with Gasteiger partial charge >= 0.3 is 12.1 Å². The summed E-state index contributed by atoms with van der Waals surface area (Å²) in [5.74, 6) is -0.475. The standard InChI is InChI=1S/C19H25NO5/c1-19(2,3)25-18(22)20-16-14-7-5-4-6-12(14)10-15(16)24-17(21)13-8-9-23-11-13/h4-7,13,15-16H,8-11H2,1-3H3,(H,20,22). The highest BCUT2D eigenvalue weighted by molar-refractivity contribution is 5.74. The van der Waals surface area contributed by atoms with Gasteiger partial charge in [0, 0.05) is 13.0 Å². The lowest BCUT2D eigenvalue weighted by Gasteiger charge is -2.26. The van der Waals surface area contributed by atoms with Crippen LogP contribution in [-0.4, -0.2) is 37.0 Å². The molecule has 1 aliphatic carbocycles. The topological polar surface area (TPSA) is 73.9 Å². The predicted molar refractivity (Wildman–Crippen MR) is 91.1 cm³/mol. The van der Waals surface area contributed by atoms with Crippen LogP contribution in [0.2, 0.25) is 0 Å². The lowest BCUT2D eigenvalue weighted by Crippen LogP contribution is -2.40. The number of ether oxygens (including phenoxy) is 3. The van der Waals surface area contributed by atoms with Crippen molar-refractivity contribution in [2.45, 2.75) is 51.4 Å². The zero-order valence-corrected chi connectivity index (χ0v) is 14.9. The molecule has 1 fully saturated rings. The highest BCUT2D eigenvalue weighted by Gasteiger charge is 2.38. The Labute approximate surface area is 147 Å². The number of alkyl carbamates (subject to hydrolysis) is 1. The molecule has 0 saturated carbocycles. The summed E-state index contributed by atoms with van der Waals surface area (Å²) in [6.45, 7) is 6.43. The van der Waals surface area contributed by atoms with Gasteiger partial charge in [-0.2, -0.15) is 0 Å². The molecule has 2 aliphatic rings. The quantitative estimate of drug-likeness (QED) is 0.851. The summed E-state index contributed by atoms with van der Waals surface area (Å²) in [5.41, 5.74) is 1.45. The summed E-state index contributed by atoms with van der Waals surface area (Å²) in [7, 11) is 0. The van der Waals surface area contributed by atoms with Crippen LogP contribution in [0.25, 0.3) is 0 Å². The monoisotopic (exact) mass is 347 g/mol. The Balaban J connectivity index is 1.72.